The maximum absolute atomic E-state index is 4.27. The Morgan fingerprint density at radius 2 is 2.20 bits per heavy atom. The van der Waals surface area contributed by atoms with Crippen LogP contribution in [-0.4, -0.2) is 46.4 Å². The second-order valence-corrected chi connectivity index (χ2v) is 6.93. The van der Waals surface area contributed by atoms with Crippen LogP contribution in [0.15, 0.2) is 12.4 Å². The van der Waals surface area contributed by atoms with Crippen LogP contribution in [-0.2, 0) is 13.5 Å². The van der Waals surface area contributed by atoms with E-state index in [-0.39, 0.29) is 0 Å². The second-order valence-electron chi connectivity index (χ2n) is 6.93. The molecule has 1 aliphatic carbocycles. The predicted octanol–water partition coefficient (Wildman–Crippen LogP) is 1.67. The van der Waals surface area contributed by atoms with Crippen molar-refractivity contribution in [3.05, 3.63) is 18.0 Å². The van der Waals surface area contributed by atoms with Gasteiger partial charge in [0, 0.05) is 45.0 Å². The van der Waals surface area contributed by atoms with Crippen molar-refractivity contribution in [2.45, 2.75) is 45.2 Å². The molecule has 1 aromatic rings. The summed E-state index contributed by atoms with van der Waals surface area (Å²) in [4.78, 5) is 2.72. The highest BCUT2D eigenvalue weighted by Gasteiger charge is 2.37. The number of hydrogen-bond donors (Lipinski definition) is 1. The highest BCUT2D eigenvalue weighted by atomic mass is 15.3. The molecule has 1 saturated carbocycles. The summed E-state index contributed by atoms with van der Waals surface area (Å²) in [6, 6.07) is 1.42. The van der Waals surface area contributed by atoms with E-state index in [1.165, 1.54) is 31.5 Å². The van der Waals surface area contributed by atoms with Crippen molar-refractivity contribution >= 4 is 0 Å². The Morgan fingerprint density at radius 3 is 2.80 bits per heavy atom. The van der Waals surface area contributed by atoms with Crippen LogP contribution >= 0.6 is 0 Å². The molecule has 0 aromatic carbocycles. The van der Waals surface area contributed by atoms with Crippen LogP contribution in [0.4, 0.5) is 0 Å². The lowest BCUT2D eigenvalue weighted by Gasteiger charge is -2.42. The van der Waals surface area contributed by atoms with Crippen LogP contribution in [0, 0.1) is 11.8 Å². The molecule has 4 nitrogen and oxygen atoms in total. The van der Waals surface area contributed by atoms with Gasteiger partial charge >= 0.3 is 0 Å². The van der Waals surface area contributed by atoms with Gasteiger partial charge in [-0.15, -0.1) is 0 Å². The molecule has 0 spiro atoms. The molecular weight excluding hydrogens is 248 g/mol. The zero-order chi connectivity index (χ0) is 14.1. The average Bonchev–Trinajstić information content (AvgIpc) is 3.19. The summed E-state index contributed by atoms with van der Waals surface area (Å²) in [5, 5.41) is 8.06. The number of aromatic nitrogens is 2. The van der Waals surface area contributed by atoms with Gasteiger partial charge in [0.05, 0.1) is 6.20 Å². The van der Waals surface area contributed by atoms with E-state index in [1.807, 2.05) is 17.9 Å². The molecule has 1 aliphatic heterocycles. The summed E-state index contributed by atoms with van der Waals surface area (Å²) in [7, 11) is 1.99. The molecular formula is C16H28N4. The number of nitrogens with one attached hydrogen (secondary N) is 1. The van der Waals surface area contributed by atoms with E-state index in [9.17, 15) is 0 Å². The van der Waals surface area contributed by atoms with Gasteiger partial charge in [0.1, 0.15) is 0 Å². The lowest BCUT2D eigenvalue weighted by atomic mass is 9.96. The van der Waals surface area contributed by atoms with Crippen LogP contribution in [0.5, 0.6) is 0 Å². The van der Waals surface area contributed by atoms with Crippen molar-refractivity contribution in [3.63, 3.8) is 0 Å². The third kappa shape index (κ3) is 3.23. The van der Waals surface area contributed by atoms with E-state index in [0.29, 0.717) is 6.04 Å². The van der Waals surface area contributed by atoms with Crippen molar-refractivity contribution in [2.24, 2.45) is 18.9 Å². The minimum absolute atomic E-state index is 0.682. The molecule has 112 valence electrons. The van der Waals surface area contributed by atoms with Crippen LogP contribution in [0.2, 0.25) is 0 Å². The zero-order valence-electron chi connectivity index (χ0n) is 13.0. The fourth-order valence-electron chi connectivity index (χ4n) is 3.46. The molecule has 2 unspecified atom stereocenters. The number of hydrogen-bond acceptors (Lipinski definition) is 3. The van der Waals surface area contributed by atoms with Crippen molar-refractivity contribution in [2.75, 3.05) is 19.6 Å². The molecule has 0 radical (unpaired) electrons. The van der Waals surface area contributed by atoms with Gasteiger partial charge in [-0.3, -0.25) is 9.58 Å². The summed E-state index contributed by atoms with van der Waals surface area (Å²) in [5.41, 5.74) is 1.36. The first-order valence-corrected chi connectivity index (χ1v) is 8.08. The predicted molar refractivity (Wildman–Crippen MR) is 81.6 cm³/mol. The van der Waals surface area contributed by atoms with Gasteiger partial charge in [-0.25, -0.2) is 0 Å². The molecule has 1 aromatic heterocycles. The van der Waals surface area contributed by atoms with Crippen LogP contribution in [0.3, 0.4) is 0 Å². The van der Waals surface area contributed by atoms with E-state index in [1.54, 1.807) is 0 Å². The Morgan fingerprint density at radius 1 is 1.40 bits per heavy atom. The molecule has 2 aliphatic rings. The molecule has 4 heteroatoms. The first kappa shape index (κ1) is 14.1. The minimum Gasteiger partial charge on any atom is -0.311 e. The third-order valence-corrected chi connectivity index (χ3v) is 4.90. The summed E-state index contributed by atoms with van der Waals surface area (Å²) in [5.74, 6) is 1.67. The first-order chi connectivity index (χ1) is 9.63. The van der Waals surface area contributed by atoms with Crippen LogP contribution < -0.4 is 5.32 Å². The van der Waals surface area contributed by atoms with E-state index in [0.717, 1.165) is 30.8 Å². The molecule has 2 heterocycles. The SMILES string of the molecule is CC(C)C1CNC(C2CC2)CN1CCc1cnn(C)c1. The summed E-state index contributed by atoms with van der Waals surface area (Å²) in [6.45, 7) is 8.25. The van der Waals surface area contributed by atoms with Crippen molar-refractivity contribution in [3.8, 4) is 0 Å². The molecule has 0 amide bonds. The quantitative estimate of drug-likeness (QED) is 0.888. The maximum atomic E-state index is 4.27. The molecule has 2 fully saturated rings. The second kappa shape index (κ2) is 5.86. The summed E-state index contributed by atoms with van der Waals surface area (Å²) < 4.78 is 1.90. The van der Waals surface area contributed by atoms with Crippen LogP contribution in [0.25, 0.3) is 0 Å². The Bertz CT molecular complexity index is 435. The van der Waals surface area contributed by atoms with E-state index in [2.05, 4.69) is 35.4 Å². The topological polar surface area (TPSA) is 33.1 Å². The molecule has 3 rings (SSSR count). The largest absolute Gasteiger partial charge is 0.311 e. The van der Waals surface area contributed by atoms with Crippen molar-refractivity contribution in [1.82, 2.24) is 20.0 Å². The smallest absolute Gasteiger partial charge is 0.0522 e. The molecule has 20 heavy (non-hydrogen) atoms. The molecule has 1 saturated heterocycles. The van der Waals surface area contributed by atoms with Gasteiger partial charge < -0.3 is 5.32 Å². The number of rotatable bonds is 5. The normalized spacial score (nSPS) is 28.2. The Hall–Kier alpha value is -0.870. The molecule has 2 atom stereocenters. The highest BCUT2D eigenvalue weighted by Crippen LogP contribution is 2.34. The van der Waals surface area contributed by atoms with Gasteiger partial charge in [-0.2, -0.15) is 5.10 Å². The standard InChI is InChI=1S/C16H28N4/c1-12(2)16-9-17-15(14-4-5-14)11-20(16)7-6-13-8-18-19(3)10-13/h8,10,12,14-17H,4-7,9,11H2,1-3H3. The lowest BCUT2D eigenvalue weighted by molar-refractivity contribution is 0.0935. The molecule has 1 N–H and O–H groups in total. The Labute approximate surface area is 122 Å². The third-order valence-electron chi connectivity index (χ3n) is 4.90. The molecule has 0 bridgehead atoms. The minimum atomic E-state index is 0.682. The summed E-state index contributed by atoms with van der Waals surface area (Å²) >= 11 is 0. The van der Waals surface area contributed by atoms with Crippen molar-refractivity contribution in [1.29, 1.82) is 0 Å². The first-order valence-electron chi connectivity index (χ1n) is 8.08. The van der Waals surface area contributed by atoms with Crippen LogP contribution in [0.1, 0.15) is 32.3 Å². The van der Waals surface area contributed by atoms with E-state index >= 15 is 0 Å². The number of nitrogens with zero attached hydrogens (tertiary/aromatic N) is 3. The van der Waals surface area contributed by atoms with Gasteiger partial charge in [0.2, 0.25) is 0 Å². The lowest BCUT2D eigenvalue weighted by Crippen LogP contribution is -2.59. The number of aryl methyl sites for hydroxylation is 1. The van der Waals surface area contributed by atoms with Gasteiger partial charge in [0.15, 0.2) is 0 Å². The van der Waals surface area contributed by atoms with Gasteiger partial charge in [-0.05, 0) is 36.7 Å². The zero-order valence-corrected chi connectivity index (χ0v) is 13.0. The Kier molecular flexibility index (Phi) is 4.13. The van der Waals surface area contributed by atoms with E-state index < -0.39 is 0 Å². The van der Waals surface area contributed by atoms with Gasteiger partial charge in [0.25, 0.3) is 0 Å². The van der Waals surface area contributed by atoms with Gasteiger partial charge in [-0.1, -0.05) is 13.8 Å². The Balaban J connectivity index is 1.59. The maximum Gasteiger partial charge on any atom is 0.0522 e. The number of piperazine rings is 1. The van der Waals surface area contributed by atoms with Crippen molar-refractivity contribution < 1.29 is 0 Å². The highest BCUT2D eigenvalue weighted by molar-refractivity contribution is 5.05. The van der Waals surface area contributed by atoms with E-state index in [4.69, 9.17) is 0 Å². The average molecular weight is 276 g/mol. The fourth-order valence-corrected chi connectivity index (χ4v) is 3.46. The summed E-state index contributed by atoms with van der Waals surface area (Å²) in [6.07, 6.45) is 8.13. The monoisotopic (exact) mass is 276 g/mol. The fraction of sp³-hybridized carbons (Fsp3) is 0.812.